The molecule has 0 spiro atoms. The van der Waals surface area contributed by atoms with Crippen molar-refractivity contribution in [3.63, 3.8) is 0 Å². The highest BCUT2D eigenvalue weighted by Gasteiger charge is 2.14. The molecule has 0 atom stereocenters. The number of thiazole rings is 1. The van der Waals surface area contributed by atoms with E-state index in [0.29, 0.717) is 11.3 Å². The van der Waals surface area contributed by atoms with Crippen molar-refractivity contribution in [2.24, 2.45) is 0 Å². The van der Waals surface area contributed by atoms with Gasteiger partial charge in [-0.15, -0.1) is 11.3 Å². The van der Waals surface area contributed by atoms with Crippen LogP contribution in [0.3, 0.4) is 0 Å². The van der Waals surface area contributed by atoms with Crippen molar-refractivity contribution >= 4 is 38.9 Å². The topological polar surface area (TPSA) is 51.2 Å². The van der Waals surface area contributed by atoms with Gasteiger partial charge < -0.3 is 10.1 Å². The van der Waals surface area contributed by atoms with Gasteiger partial charge in [-0.1, -0.05) is 42.5 Å². The van der Waals surface area contributed by atoms with Crippen LogP contribution in [0.2, 0.25) is 0 Å². The third-order valence-corrected chi connectivity index (χ3v) is 4.87. The number of carbonyl (C=O) groups excluding carboxylic acids is 1. The number of rotatable bonds is 5. The molecule has 1 aromatic heterocycles. The minimum absolute atomic E-state index is 0.165. The highest BCUT2D eigenvalue weighted by molar-refractivity contribution is 7.18. The lowest BCUT2D eigenvalue weighted by Gasteiger charge is -2.11. The van der Waals surface area contributed by atoms with Gasteiger partial charge in [-0.05, 0) is 36.4 Å². The molecule has 3 aromatic carbocycles. The van der Waals surface area contributed by atoms with Crippen LogP contribution in [0.5, 0.6) is 0 Å². The highest BCUT2D eigenvalue weighted by Crippen LogP contribution is 2.24. The molecule has 0 aliphatic heterocycles. The summed E-state index contributed by atoms with van der Waals surface area (Å²) in [5.41, 5.74) is 3.05. The molecule has 5 heteroatoms. The monoisotopic (exact) mass is 360 g/mol. The fourth-order valence-corrected chi connectivity index (χ4v) is 3.51. The maximum atomic E-state index is 12.6. The lowest BCUT2D eigenvalue weighted by molar-refractivity contribution is 0.0474. The van der Waals surface area contributed by atoms with Crippen LogP contribution in [0, 0.1) is 0 Å². The zero-order chi connectivity index (χ0) is 17.8. The Hall–Kier alpha value is -3.18. The van der Waals surface area contributed by atoms with Crippen LogP contribution in [0.25, 0.3) is 10.2 Å². The lowest BCUT2D eigenvalue weighted by Crippen LogP contribution is -2.08. The number of aromatic nitrogens is 1. The number of fused-ring (bicyclic) bond motifs is 1. The number of esters is 1. The Morgan fingerprint density at radius 1 is 0.923 bits per heavy atom. The van der Waals surface area contributed by atoms with Crippen LogP contribution < -0.4 is 5.32 Å². The van der Waals surface area contributed by atoms with E-state index in [1.54, 1.807) is 6.07 Å². The first-order valence-electron chi connectivity index (χ1n) is 8.22. The summed E-state index contributed by atoms with van der Waals surface area (Å²) in [5, 5.41) is 4.04. The van der Waals surface area contributed by atoms with E-state index < -0.39 is 0 Å². The zero-order valence-electron chi connectivity index (χ0n) is 13.9. The van der Waals surface area contributed by atoms with E-state index in [0.717, 1.165) is 20.9 Å². The van der Waals surface area contributed by atoms with Crippen molar-refractivity contribution in [3.8, 4) is 0 Å². The first-order chi connectivity index (χ1) is 12.8. The minimum atomic E-state index is -0.372. The lowest BCUT2D eigenvalue weighted by atomic mass is 10.1. The van der Waals surface area contributed by atoms with E-state index in [1.807, 2.05) is 72.8 Å². The van der Waals surface area contributed by atoms with Gasteiger partial charge in [0.25, 0.3) is 0 Å². The molecule has 0 aliphatic carbocycles. The van der Waals surface area contributed by atoms with Crippen molar-refractivity contribution in [1.82, 2.24) is 4.98 Å². The number of benzene rings is 3. The summed E-state index contributed by atoms with van der Waals surface area (Å²) < 4.78 is 6.58. The smallest absolute Gasteiger partial charge is 0.340 e. The van der Waals surface area contributed by atoms with Crippen molar-refractivity contribution in [3.05, 3.63) is 89.4 Å². The second kappa shape index (κ2) is 7.37. The van der Waals surface area contributed by atoms with Crippen LogP contribution in [0.4, 0.5) is 11.4 Å². The molecule has 0 unspecified atom stereocenters. The predicted molar refractivity (Wildman–Crippen MR) is 105 cm³/mol. The highest BCUT2D eigenvalue weighted by atomic mass is 32.1. The fraction of sp³-hybridized carbons (Fsp3) is 0.0476. The third-order valence-electron chi connectivity index (χ3n) is 3.86. The molecule has 0 saturated heterocycles. The summed E-state index contributed by atoms with van der Waals surface area (Å²) in [7, 11) is 0. The van der Waals surface area contributed by atoms with Crippen molar-refractivity contribution < 1.29 is 9.53 Å². The van der Waals surface area contributed by atoms with Gasteiger partial charge in [0.1, 0.15) is 11.6 Å². The molecule has 0 amide bonds. The van der Waals surface area contributed by atoms with Crippen LogP contribution >= 0.6 is 11.3 Å². The molecular weight excluding hydrogens is 344 g/mol. The molecule has 4 rings (SSSR count). The van der Waals surface area contributed by atoms with Crippen LogP contribution in [0.1, 0.15) is 15.4 Å². The van der Waals surface area contributed by atoms with Gasteiger partial charge in [0.05, 0.1) is 21.5 Å². The molecule has 26 heavy (non-hydrogen) atoms. The maximum absolute atomic E-state index is 12.6. The van der Waals surface area contributed by atoms with Crippen molar-refractivity contribution in [2.45, 2.75) is 6.61 Å². The number of nitrogens with one attached hydrogen (secondary N) is 1. The summed E-state index contributed by atoms with van der Waals surface area (Å²) in [6.07, 6.45) is 0. The number of nitrogens with zero attached hydrogens (tertiary/aromatic N) is 1. The number of hydrogen-bond acceptors (Lipinski definition) is 5. The Bertz CT molecular complexity index is 1010. The van der Waals surface area contributed by atoms with Gasteiger partial charge in [0, 0.05) is 5.69 Å². The molecule has 128 valence electrons. The molecular formula is C21H16N2O2S. The molecule has 0 bridgehead atoms. The van der Waals surface area contributed by atoms with Crippen LogP contribution in [0.15, 0.2) is 78.9 Å². The number of carbonyl (C=O) groups is 1. The Kier molecular flexibility index (Phi) is 4.62. The minimum Gasteiger partial charge on any atom is -0.455 e. The van der Waals surface area contributed by atoms with Gasteiger partial charge in [-0.3, -0.25) is 0 Å². The first kappa shape index (κ1) is 16.3. The molecule has 0 fully saturated rings. The average molecular weight is 360 g/mol. The number of ether oxygens (including phenoxy) is 1. The zero-order valence-corrected chi connectivity index (χ0v) is 14.7. The Morgan fingerprint density at radius 2 is 1.65 bits per heavy atom. The Balaban J connectivity index is 1.49. The van der Waals surface area contributed by atoms with E-state index in [-0.39, 0.29) is 12.6 Å². The Morgan fingerprint density at radius 3 is 2.50 bits per heavy atom. The standard InChI is InChI=1S/C21H16N2O2S/c24-21(25-14-20-23-18-12-6-7-13-19(18)26-20)16-10-4-5-11-17(16)22-15-8-2-1-3-9-15/h1-13,22H,14H2. The van der Waals surface area contributed by atoms with Crippen molar-refractivity contribution in [2.75, 3.05) is 5.32 Å². The normalized spacial score (nSPS) is 10.6. The molecule has 1 heterocycles. The maximum Gasteiger partial charge on any atom is 0.340 e. The van der Waals surface area contributed by atoms with Gasteiger partial charge in [0.2, 0.25) is 0 Å². The molecule has 1 N–H and O–H groups in total. The van der Waals surface area contributed by atoms with Gasteiger partial charge in [-0.25, -0.2) is 9.78 Å². The molecule has 4 aromatic rings. The van der Waals surface area contributed by atoms with Crippen LogP contribution in [-0.4, -0.2) is 11.0 Å². The SMILES string of the molecule is O=C(OCc1nc2ccccc2s1)c1ccccc1Nc1ccccc1. The third kappa shape index (κ3) is 3.58. The largest absolute Gasteiger partial charge is 0.455 e. The average Bonchev–Trinajstić information content (AvgIpc) is 3.10. The Labute approximate surface area is 155 Å². The summed E-state index contributed by atoms with van der Waals surface area (Å²) in [6, 6.07) is 24.9. The quantitative estimate of drug-likeness (QED) is 0.484. The molecule has 0 radical (unpaired) electrons. The van der Waals surface area contributed by atoms with E-state index in [2.05, 4.69) is 10.3 Å². The summed E-state index contributed by atoms with van der Waals surface area (Å²) >= 11 is 1.54. The molecule has 4 nitrogen and oxygen atoms in total. The van der Waals surface area contributed by atoms with Gasteiger partial charge in [0.15, 0.2) is 0 Å². The fourth-order valence-electron chi connectivity index (χ4n) is 2.63. The second-order valence-corrected chi connectivity index (χ2v) is 6.80. The second-order valence-electron chi connectivity index (χ2n) is 5.69. The van der Waals surface area contributed by atoms with Gasteiger partial charge in [-0.2, -0.15) is 0 Å². The summed E-state index contributed by atoms with van der Waals surface area (Å²) in [4.78, 5) is 17.1. The summed E-state index contributed by atoms with van der Waals surface area (Å²) in [6.45, 7) is 0.165. The predicted octanol–water partition coefficient (Wildman–Crippen LogP) is 5.40. The molecule has 0 aliphatic rings. The first-order valence-corrected chi connectivity index (χ1v) is 9.04. The number of anilines is 2. The van der Waals surface area contributed by atoms with E-state index >= 15 is 0 Å². The van der Waals surface area contributed by atoms with Crippen LogP contribution in [-0.2, 0) is 11.3 Å². The summed E-state index contributed by atoms with van der Waals surface area (Å²) in [5.74, 6) is -0.372. The van der Waals surface area contributed by atoms with E-state index in [4.69, 9.17) is 4.74 Å². The van der Waals surface area contributed by atoms with Gasteiger partial charge >= 0.3 is 5.97 Å². The van der Waals surface area contributed by atoms with E-state index in [9.17, 15) is 4.79 Å². The number of para-hydroxylation sites is 3. The number of hydrogen-bond donors (Lipinski definition) is 1. The van der Waals surface area contributed by atoms with Crippen molar-refractivity contribution in [1.29, 1.82) is 0 Å². The van der Waals surface area contributed by atoms with E-state index in [1.165, 1.54) is 11.3 Å². The molecule has 0 saturated carbocycles.